The number of methoxy groups -OCH3 is 1. The van der Waals surface area contributed by atoms with Gasteiger partial charge in [0.25, 0.3) is 0 Å². The summed E-state index contributed by atoms with van der Waals surface area (Å²) >= 11 is 0. The van der Waals surface area contributed by atoms with Crippen LogP contribution in [0.3, 0.4) is 0 Å². The standard InChI is InChI=1S/C23H25F3N4O3/c1-31-19-5-7-20(8-6-19)32-14-13-29-9-11-30(12-10-29)16-21-27-22(28-33-21)17-3-2-4-18(15-17)23(24,25)26/h2-8,15H,9-14,16H2,1H3. The molecule has 0 saturated carbocycles. The van der Waals surface area contributed by atoms with Crippen molar-refractivity contribution in [3.63, 3.8) is 0 Å². The maximum Gasteiger partial charge on any atom is 0.416 e. The second-order valence-corrected chi connectivity index (χ2v) is 7.73. The van der Waals surface area contributed by atoms with Gasteiger partial charge in [-0.2, -0.15) is 18.2 Å². The van der Waals surface area contributed by atoms with Gasteiger partial charge >= 0.3 is 6.18 Å². The Kier molecular flexibility index (Phi) is 7.14. The predicted octanol–water partition coefficient (Wildman–Crippen LogP) is 3.96. The summed E-state index contributed by atoms with van der Waals surface area (Å²) in [7, 11) is 1.63. The average Bonchev–Trinajstić information content (AvgIpc) is 3.29. The van der Waals surface area contributed by atoms with Gasteiger partial charge in [0.2, 0.25) is 11.7 Å². The van der Waals surface area contributed by atoms with Gasteiger partial charge in [-0.3, -0.25) is 9.80 Å². The van der Waals surface area contributed by atoms with Gasteiger partial charge in [0, 0.05) is 38.3 Å². The van der Waals surface area contributed by atoms with Crippen LogP contribution in [0.15, 0.2) is 53.1 Å². The lowest BCUT2D eigenvalue weighted by Gasteiger charge is -2.33. The minimum atomic E-state index is -4.41. The highest BCUT2D eigenvalue weighted by atomic mass is 19.4. The number of halogens is 3. The Hall–Kier alpha value is -3.11. The molecule has 10 heteroatoms. The molecule has 2 heterocycles. The normalized spacial score (nSPS) is 15.5. The Morgan fingerprint density at radius 2 is 1.67 bits per heavy atom. The van der Waals surface area contributed by atoms with E-state index in [-0.39, 0.29) is 11.4 Å². The van der Waals surface area contributed by atoms with Gasteiger partial charge in [0.1, 0.15) is 18.1 Å². The van der Waals surface area contributed by atoms with E-state index in [4.69, 9.17) is 14.0 Å². The zero-order chi connectivity index (χ0) is 23.3. The molecule has 0 unspecified atom stereocenters. The Morgan fingerprint density at radius 3 is 2.36 bits per heavy atom. The third kappa shape index (κ3) is 6.23. The summed E-state index contributed by atoms with van der Waals surface area (Å²) in [6.45, 7) is 5.27. The highest BCUT2D eigenvalue weighted by molar-refractivity contribution is 5.55. The van der Waals surface area contributed by atoms with Crippen molar-refractivity contribution in [1.82, 2.24) is 19.9 Å². The van der Waals surface area contributed by atoms with Gasteiger partial charge in [0.15, 0.2) is 0 Å². The van der Waals surface area contributed by atoms with E-state index in [2.05, 4.69) is 19.9 Å². The molecular weight excluding hydrogens is 437 g/mol. The molecule has 2 aromatic carbocycles. The topological polar surface area (TPSA) is 63.9 Å². The van der Waals surface area contributed by atoms with E-state index in [1.807, 2.05) is 24.3 Å². The number of rotatable bonds is 8. The highest BCUT2D eigenvalue weighted by Crippen LogP contribution is 2.31. The first-order chi connectivity index (χ1) is 15.9. The molecule has 1 aliphatic rings. The van der Waals surface area contributed by atoms with E-state index in [9.17, 15) is 13.2 Å². The van der Waals surface area contributed by atoms with E-state index >= 15 is 0 Å². The van der Waals surface area contributed by atoms with E-state index in [1.165, 1.54) is 12.1 Å². The van der Waals surface area contributed by atoms with Gasteiger partial charge in [-0.25, -0.2) is 0 Å². The van der Waals surface area contributed by atoms with Crippen LogP contribution in [0.25, 0.3) is 11.4 Å². The third-order valence-electron chi connectivity index (χ3n) is 5.48. The quantitative estimate of drug-likeness (QED) is 0.502. The van der Waals surface area contributed by atoms with Crippen LogP contribution < -0.4 is 9.47 Å². The van der Waals surface area contributed by atoms with Crippen molar-refractivity contribution in [3.8, 4) is 22.9 Å². The summed E-state index contributed by atoms with van der Waals surface area (Å²) in [6.07, 6.45) is -4.41. The third-order valence-corrected chi connectivity index (χ3v) is 5.48. The summed E-state index contributed by atoms with van der Waals surface area (Å²) in [4.78, 5) is 8.79. The number of benzene rings is 2. The Morgan fingerprint density at radius 1 is 0.970 bits per heavy atom. The summed E-state index contributed by atoms with van der Waals surface area (Å²) in [5, 5.41) is 3.86. The summed E-state index contributed by atoms with van der Waals surface area (Å²) in [6, 6.07) is 12.4. The van der Waals surface area contributed by atoms with Crippen LogP contribution in [0.5, 0.6) is 11.5 Å². The molecule has 1 saturated heterocycles. The molecule has 1 fully saturated rings. The van der Waals surface area contributed by atoms with Crippen LogP contribution >= 0.6 is 0 Å². The average molecular weight is 462 g/mol. The van der Waals surface area contributed by atoms with E-state index < -0.39 is 11.7 Å². The molecule has 0 radical (unpaired) electrons. The van der Waals surface area contributed by atoms with Crippen molar-refractivity contribution in [2.75, 3.05) is 46.4 Å². The molecular formula is C23H25F3N4O3. The Labute approximate surface area is 189 Å². The lowest BCUT2D eigenvalue weighted by molar-refractivity contribution is -0.137. The SMILES string of the molecule is COc1ccc(OCCN2CCN(Cc3nc(-c4cccc(C(F)(F)F)c4)no3)CC2)cc1. The van der Waals surface area contributed by atoms with Crippen LogP contribution in [0, 0.1) is 0 Å². The first-order valence-corrected chi connectivity index (χ1v) is 10.6. The maximum atomic E-state index is 12.9. The van der Waals surface area contributed by atoms with E-state index in [0.29, 0.717) is 19.0 Å². The molecule has 176 valence electrons. The molecule has 0 spiro atoms. The minimum Gasteiger partial charge on any atom is -0.497 e. The van der Waals surface area contributed by atoms with Crippen LogP contribution in [-0.4, -0.2) is 66.4 Å². The molecule has 0 N–H and O–H groups in total. The predicted molar refractivity (Wildman–Crippen MR) is 115 cm³/mol. The number of ether oxygens (including phenoxy) is 2. The fourth-order valence-electron chi connectivity index (χ4n) is 3.60. The maximum absolute atomic E-state index is 12.9. The second-order valence-electron chi connectivity index (χ2n) is 7.73. The lowest BCUT2D eigenvalue weighted by Crippen LogP contribution is -2.47. The zero-order valence-electron chi connectivity index (χ0n) is 18.2. The molecule has 0 aliphatic carbocycles. The number of alkyl halides is 3. The van der Waals surface area contributed by atoms with Gasteiger partial charge in [-0.1, -0.05) is 17.3 Å². The van der Waals surface area contributed by atoms with Gasteiger partial charge in [0.05, 0.1) is 19.2 Å². The minimum absolute atomic E-state index is 0.158. The van der Waals surface area contributed by atoms with Crippen molar-refractivity contribution in [1.29, 1.82) is 0 Å². The summed E-state index contributed by atoms with van der Waals surface area (Å²) < 4.78 is 55.0. The summed E-state index contributed by atoms with van der Waals surface area (Å²) in [5.74, 6) is 2.15. The van der Waals surface area contributed by atoms with E-state index in [1.54, 1.807) is 7.11 Å². The highest BCUT2D eigenvalue weighted by Gasteiger charge is 2.31. The fraction of sp³-hybridized carbons (Fsp3) is 0.391. The smallest absolute Gasteiger partial charge is 0.416 e. The second kappa shape index (κ2) is 10.2. The first kappa shape index (κ1) is 23.1. The van der Waals surface area contributed by atoms with Crippen LogP contribution in [0.4, 0.5) is 13.2 Å². The number of piperazine rings is 1. The Bertz CT molecular complexity index is 1030. The molecule has 1 aromatic heterocycles. The zero-order valence-corrected chi connectivity index (χ0v) is 18.2. The number of aromatic nitrogens is 2. The van der Waals surface area contributed by atoms with Crippen LogP contribution in [0.2, 0.25) is 0 Å². The summed E-state index contributed by atoms with van der Waals surface area (Å²) in [5.41, 5.74) is -0.458. The number of hydrogen-bond acceptors (Lipinski definition) is 7. The van der Waals surface area contributed by atoms with Gasteiger partial charge < -0.3 is 14.0 Å². The molecule has 0 bridgehead atoms. The lowest BCUT2D eigenvalue weighted by atomic mass is 10.1. The monoisotopic (exact) mass is 462 g/mol. The molecule has 1 aliphatic heterocycles. The van der Waals surface area contributed by atoms with Crippen molar-refractivity contribution in [2.24, 2.45) is 0 Å². The number of nitrogens with zero attached hydrogens (tertiary/aromatic N) is 4. The first-order valence-electron chi connectivity index (χ1n) is 10.6. The Balaban J connectivity index is 1.22. The van der Waals surface area contributed by atoms with Gasteiger partial charge in [-0.15, -0.1) is 0 Å². The molecule has 0 atom stereocenters. The molecule has 7 nitrogen and oxygen atoms in total. The molecule has 33 heavy (non-hydrogen) atoms. The fourth-order valence-corrected chi connectivity index (χ4v) is 3.60. The van der Waals surface area contributed by atoms with Crippen molar-refractivity contribution in [2.45, 2.75) is 12.7 Å². The largest absolute Gasteiger partial charge is 0.497 e. The molecule has 0 amide bonds. The van der Waals surface area contributed by atoms with Crippen molar-refractivity contribution < 1.29 is 27.2 Å². The van der Waals surface area contributed by atoms with Crippen LogP contribution in [-0.2, 0) is 12.7 Å². The van der Waals surface area contributed by atoms with Gasteiger partial charge in [-0.05, 0) is 36.4 Å². The molecule has 3 aromatic rings. The van der Waals surface area contributed by atoms with Crippen molar-refractivity contribution in [3.05, 3.63) is 60.0 Å². The van der Waals surface area contributed by atoms with E-state index in [0.717, 1.165) is 56.4 Å². The van der Waals surface area contributed by atoms with Crippen LogP contribution in [0.1, 0.15) is 11.5 Å². The number of hydrogen-bond donors (Lipinski definition) is 0. The van der Waals surface area contributed by atoms with Crippen molar-refractivity contribution >= 4 is 0 Å². The molecule has 4 rings (SSSR count).